The monoisotopic (exact) mass is 365 g/mol. The first-order chi connectivity index (χ1) is 11.5. The number of halogens is 1. The Labute approximate surface area is 152 Å². The summed E-state index contributed by atoms with van der Waals surface area (Å²) < 4.78 is 11.6. The maximum Gasteiger partial charge on any atom is 0.175 e. The Kier molecular flexibility index (Phi) is 6.94. The number of ether oxygens (including phenoxy) is 2. The summed E-state index contributed by atoms with van der Waals surface area (Å²) in [7, 11) is 0. The maximum atomic E-state index is 5.95. The summed E-state index contributed by atoms with van der Waals surface area (Å²) in [6, 6.07) is 11.4. The number of benzene rings is 2. The van der Waals surface area contributed by atoms with Gasteiger partial charge >= 0.3 is 0 Å². The van der Waals surface area contributed by atoms with Gasteiger partial charge in [0.1, 0.15) is 5.75 Å². The number of rotatable bonds is 8. The van der Waals surface area contributed by atoms with Gasteiger partial charge in [0.2, 0.25) is 0 Å². The highest BCUT2D eigenvalue weighted by Crippen LogP contribution is 2.42. The lowest BCUT2D eigenvalue weighted by atomic mass is 10.2. The summed E-state index contributed by atoms with van der Waals surface area (Å²) in [4.78, 5) is 2.01. The van der Waals surface area contributed by atoms with Crippen molar-refractivity contribution in [3.05, 3.63) is 41.4 Å². The zero-order valence-electron chi connectivity index (χ0n) is 14.1. The van der Waals surface area contributed by atoms with Crippen LogP contribution < -0.4 is 15.0 Å². The standard InChI is InChI=1S/C18H21ClN2O2S/c1-4-22-17-9-15(21-20)16(23-11-12(2)3)10-18(17)24-14-7-5-13(19)6-8-14/h5-10,12,20H,4,11H2,1-3H3/p+1. The van der Waals surface area contributed by atoms with Gasteiger partial charge in [-0.3, -0.25) is 0 Å². The van der Waals surface area contributed by atoms with Crippen molar-refractivity contribution in [2.75, 3.05) is 13.2 Å². The molecule has 0 radical (unpaired) electrons. The van der Waals surface area contributed by atoms with Gasteiger partial charge in [-0.25, -0.2) is 0 Å². The summed E-state index contributed by atoms with van der Waals surface area (Å²) in [5.41, 5.74) is 6.09. The molecule has 0 heterocycles. The normalized spacial score (nSPS) is 10.7. The average molecular weight is 366 g/mol. The molecule has 0 aliphatic rings. The fourth-order valence-corrected chi connectivity index (χ4v) is 3.02. The molecule has 0 unspecified atom stereocenters. The van der Waals surface area contributed by atoms with Gasteiger partial charge in [0.05, 0.1) is 18.1 Å². The summed E-state index contributed by atoms with van der Waals surface area (Å²) in [5, 5.41) is 4.53. The number of hydrogen-bond donors (Lipinski definition) is 1. The van der Waals surface area contributed by atoms with E-state index in [2.05, 4.69) is 19.0 Å². The van der Waals surface area contributed by atoms with Crippen LogP contribution in [0.4, 0.5) is 5.69 Å². The van der Waals surface area contributed by atoms with E-state index in [0.29, 0.717) is 35.6 Å². The molecule has 2 rings (SSSR count). The van der Waals surface area contributed by atoms with Crippen LogP contribution in [-0.2, 0) is 0 Å². The lowest BCUT2D eigenvalue weighted by Crippen LogP contribution is -2.22. The third-order valence-electron chi connectivity index (χ3n) is 3.08. The second-order valence-electron chi connectivity index (χ2n) is 5.59. The zero-order chi connectivity index (χ0) is 17.5. The van der Waals surface area contributed by atoms with E-state index in [4.69, 9.17) is 26.6 Å². The van der Waals surface area contributed by atoms with E-state index < -0.39 is 0 Å². The highest BCUT2D eigenvalue weighted by atomic mass is 35.5. The molecule has 2 aromatic carbocycles. The Morgan fingerprint density at radius 2 is 1.83 bits per heavy atom. The third kappa shape index (κ3) is 5.14. The third-order valence-corrected chi connectivity index (χ3v) is 4.38. The highest BCUT2D eigenvalue weighted by Gasteiger charge is 2.15. The van der Waals surface area contributed by atoms with Crippen LogP contribution in [-0.4, -0.2) is 13.2 Å². The minimum atomic E-state index is 0.412. The topological polar surface area (TPSA) is 56.4 Å². The van der Waals surface area contributed by atoms with Crippen LogP contribution in [0.25, 0.3) is 0 Å². The number of nitrogens with two attached hydrogens (primary N) is 1. The van der Waals surface area contributed by atoms with Gasteiger partial charge in [0.15, 0.2) is 11.4 Å². The molecule has 0 aromatic heterocycles. The fourth-order valence-electron chi connectivity index (χ4n) is 1.98. The van der Waals surface area contributed by atoms with E-state index in [9.17, 15) is 0 Å². The molecular formula is C18H22ClN2O2S+. The second-order valence-corrected chi connectivity index (χ2v) is 7.14. The zero-order valence-corrected chi connectivity index (χ0v) is 15.7. The van der Waals surface area contributed by atoms with Gasteiger partial charge in [-0.2, -0.15) is 5.53 Å². The van der Waals surface area contributed by atoms with Gasteiger partial charge < -0.3 is 9.47 Å². The summed E-state index contributed by atoms with van der Waals surface area (Å²) in [6.07, 6.45) is 0. The van der Waals surface area contributed by atoms with E-state index in [1.165, 1.54) is 0 Å². The van der Waals surface area contributed by atoms with Gasteiger partial charge in [-0.15, -0.1) is 0 Å². The van der Waals surface area contributed by atoms with Crippen LogP contribution >= 0.6 is 23.4 Å². The quantitative estimate of drug-likeness (QED) is 0.685. The highest BCUT2D eigenvalue weighted by molar-refractivity contribution is 7.99. The first-order valence-electron chi connectivity index (χ1n) is 7.81. The molecule has 24 heavy (non-hydrogen) atoms. The molecule has 0 fully saturated rings. The Morgan fingerprint density at radius 3 is 2.42 bits per heavy atom. The molecule has 0 saturated heterocycles. The van der Waals surface area contributed by atoms with E-state index in [0.717, 1.165) is 15.5 Å². The van der Waals surface area contributed by atoms with E-state index in [1.54, 1.807) is 11.8 Å². The second kappa shape index (κ2) is 8.94. The maximum absolute atomic E-state index is 5.95. The minimum Gasteiger partial charge on any atom is -0.493 e. The molecule has 0 spiro atoms. The Bertz CT molecular complexity index is 690. The van der Waals surface area contributed by atoms with E-state index in [-0.39, 0.29) is 0 Å². The van der Waals surface area contributed by atoms with Crippen molar-refractivity contribution in [1.29, 1.82) is 0 Å². The number of hydrogen-bond acceptors (Lipinski definition) is 4. The Hall–Kier alpha value is -1.72. The van der Waals surface area contributed by atoms with Gasteiger partial charge in [0, 0.05) is 22.1 Å². The molecule has 0 saturated carbocycles. The Balaban J connectivity index is 2.36. The van der Waals surface area contributed by atoms with Crippen molar-refractivity contribution in [2.24, 2.45) is 11.0 Å². The van der Waals surface area contributed by atoms with Crippen LogP contribution in [0.1, 0.15) is 20.8 Å². The molecular weight excluding hydrogens is 344 g/mol. The van der Waals surface area contributed by atoms with Crippen molar-refractivity contribution < 1.29 is 15.0 Å². The first kappa shape index (κ1) is 18.6. The molecule has 4 nitrogen and oxygen atoms in total. The summed E-state index contributed by atoms with van der Waals surface area (Å²) in [5.74, 6) is 1.80. The molecule has 0 atom stereocenters. The molecule has 0 aliphatic heterocycles. The molecule has 6 heteroatoms. The van der Waals surface area contributed by atoms with Crippen LogP contribution in [0.2, 0.25) is 5.02 Å². The lowest BCUT2D eigenvalue weighted by molar-refractivity contribution is -0.210. The predicted octanol–water partition coefficient (Wildman–Crippen LogP) is 4.77. The summed E-state index contributed by atoms with van der Waals surface area (Å²) >= 11 is 7.54. The smallest absolute Gasteiger partial charge is 0.175 e. The van der Waals surface area contributed by atoms with E-state index >= 15 is 0 Å². The predicted molar refractivity (Wildman–Crippen MR) is 97.5 cm³/mol. The van der Waals surface area contributed by atoms with Crippen molar-refractivity contribution >= 4 is 29.1 Å². The molecule has 2 aromatic rings. The van der Waals surface area contributed by atoms with E-state index in [1.807, 2.05) is 43.3 Å². The largest absolute Gasteiger partial charge is 0.493 e. The van der Waals surface area contributed by atoms with Crippen molar-refractivity contribution in [3.63, 3.8) is 0 Å². The van der Waals surface area contributed by atoms with Crippen LogP contribution in [0.5, 0.6) is 11.5 Å². The fraction of sp³-hybridized carbons (Fsp3) is 0.333. The Morgan fingerprint density at radius 1 is 1.12 bits per heavy atom. The minimum absolute atomic E-state index is 0.412. The van der Waals surface area contributed by atoms with Crippen molar-refractivity contribution in [3.8, 4) is 11.5 Å². The van der Waals surface area contributed by atoms with Crippen molar-refractivity contribution in [2.45, 2.75) is 30.6 Å². The lowest BCUT2D eigenvalue weighted by Gasteiger charge is -2.15. The van der Waals surface area contributed by atoms with Crippen LogP contribution in [0, 0.1) is 5.92 Å². The van der Waals surface area contributed by atoms with Crippen LogP contribution in [0.3, 0.4) is 0 Å². The molecule has 0 aliphatic carbocycles. The SMILES string of the molecule is CCOc1cc(N=[NH2+])c(OCC(C)C)cc1Sc1ccc(Cl)cc1. The summed E-state index contributed by atoms with van der Waals surface area (Å²) in [6.45, 7) is 7.29. The van der Waals surface area contributed by atoms with Gasteiger partial charge in [0.25, 0.3) is 0 Å². The molecule has 0 amide bonds. The molecule has 2 N–H and O–H groups in total. The first-order valence-corrected chi connectivity index (χ1v) is 9.01. The van der Waals surface area contributed by atoms with Crippen LogP contribution in [0.15, 0.2) is 51.3 Å². The molecule has 128 valence electrons. The average Bonchev–Trinajstić information content (AvgIpc) is 2.56. The van der Waals surface area contributed by atoms with Gasteiger partial charge in [-0.05, 0) is 42.2 Å². The molecule has 0 bridgehead atoms. The van der Waals surface area contributed by atoms with Crippen molar-refractivity contribution in [1.82, 2.24) is 0 Å². The number of nitrogens with zero attached hydrogens (tertiary/aromatic N) is 1. The van der Waals surface area contributed by atoms with Gasteiger partial charge in [-0.1, -0.05) is 37.2 Å².